The van der Waals surface area contributed by atoms with Crippen molar-refractivity contribution in [2.24, 2.45) is 5.73 Å². The average Bonchev–Trinajstić information content (AvgIpc) is 2.42. The molecule has 0 saturated carbocycles. The molecule has 1 rings (SSSR count). The molecule has 1 aromatic heterocycles. The first kappa shape index (κ1) is 12.2. The summed E-state index contributed by atoms with van der Waals surface area (Å²) >= 11 is 5.23. The highest BCUT2D eigenvalue weighted by molar-refractivity contribution is 9.10. The average molecular weight is 278 g/mol. The van der Waals surface area contributed by atoms with Gasteiger partial charge in [0.05, 0.1) is 6.10 Å². The summed E-state index contributed by atoms with van der Waals surface area (Å²) in [5.41, 5.74) is 5.68. The zero-order chi connectivity index (χ0) is 10.7. The molecule has 0 bridgehead atoms. The van der Waals surface area contributed by atoms with E-state index in [4.69, 9.17) is 10.5 Å². The highest BCUT2D eigenvalue weighted by Gasteiger charge is 2.15. The van der Waals surface area contributed by atoms with Gasteiger partial charge in [-0.25, -0.2) is 0 Å². The number of hydrogen-bond donors (Lipinski definition) is 1. The van der Waals surface area contributed by atoms with E-state index in [2.05, 4.69) is 28.9 Å². The third-order valence-corrected chi connectivity index (χ3v) is 4.07. The van der Waals surface area contributed by atoms with E-state index in [0.717, 1.165) is 4.47 Å². The van der Waals surface area contributed by atoms with E-state index < -0.39 is 0 Å². The van der Waals surface area contributed by atoms with Gasteiger partial charge in [0.1, 0.15) is 6.10 Å². The SMILES string of the molecule is Cc1sc(C(CN)OC(C)C)cc1Br. The van der Waals surface area contributed by atoms with Gasteiger partial charge in [-0.1, -0.05) is 0 Å². The minimum absolute atomic E-state index is 0.0324. The quantitative estimate of drug-likeness (QED) is 0.917. The van der Waals surface area contributed by atoms with E-state index in [9.17, 15) is 0 Å². The van der Waals surface area contributed by atoms with Crippen LogP contribution in [0.4, 0.5) is 0 Å². The van der Waals surface area contributed by atoms with Crippen molar-refractivity contribution in [3.8, 4) is 0 Å². The Morgan fingerprint density at radius 3 is 2.57 bits per heavy atom. The first-order valence-corrected chi connectivity index (χ1v) is 6.27. The topological polar surface area (TPSA) is 35.2 Å². The molecule has 80 valence electrons. The van der Waals surface area contributed by atoms with Crippen LogP contribution in [0.5, 0.6) is 0 Å². The molecule has 0 fully saturated rings. The van der Waals surface area contributed by atoms with E-state index >= 15 is 0 Å². The molecule has 4 heteroatoms. The van der Waals surface area contributed by atoms with Gasteiger partial charge in [0, 0.05) is 20.8 Å². The minimum Gasteiger partial charge on any atom is -0.369 e. The fourth-order valence-corrected chi connectivity index (χ4v) is 2.82. The maximum Gasteiger partial charge on any atom is 0.104 e. The normalized spacial score (nSPS) is 13.6. The van der Waals surface area contributed by atoms with Gasteiger partial charge in [-0.05, 0) is 42.8 Å². The number of thiophene rings is 1. The molecule has 0 aliphatic carbocycles. The third kappa shape index (κ3) is 3.05. The lowest BCUT2D eigenvalue weighted by molar-refractivity contribution is 0.0140. The molecule has 1 atom stereocenters. The minimum atomic E-state index is 0.0324. The van der Waals surface area contributed by atoms with Crippen LogP contribution in [0.25, 0.3) is 0 Å². The molecule has 1 heterocycles. The first-order chi connectivity index (χ1) is 6.54. The predicted molar refractivity (Wildman–Crippen MR) is 64.8 cm³/mol. The summed E-state index contributed by atoms with van der Waals surface area (Å²) in [5.74, 6) is 0. The highest BCUT2D eigenvalue weighted by atomic mass is 79.9. The van der Waals surface area contributed by atoms with Gasteiger partial charge in [-0.3, -0.25) is 0 Å². The van der Waals surface area contributed by atoms with E-state index in [-0.39, 0.29) is 12.2 Å². The summed E-state index contributed by atoms with van der Waals surface area (Å²) in [6.07, 6.45) is 0.245. The molecular weight excluding hydrogens is 262 g/mol. The molecule has 14 heavy (non-hydrogen) atoms. The van der Waals surface area contributed by atoms with Crippen LogP contribution >= 0.6 is 27.3 Å². The summed E-state index contributed by atoms with van der Waals surface area (Å²) in [5, 5.41) is 0. The monoisotopic (exact) mass is 277 g/mol. The zero-order valence-corrected chi connectivity index (χ0v) is 11.1. The van der Waals surface area contributed by atoms with Crippen molar-refractivity contribution in [1.29, 1.82) is 0 Å². The van der Waals surface area contributed by atoms with Gasteiger partial charge < -0.3 is 10.5 Å². The van der Waals surface area contributed by atoms with Gasteiger partial charge in [0.25, 0.3) is 0 Å². The molecule has 0 amide bonds. The summed E-state index contributed by atoms with van der Waals surface area (Å²) in [6.45, 7) is 6.67. The van der Waals surface area contributed by atoms with Gasteiger partial charge in [-0.2, -0.15) is 0 Å². The molecule has 0 spiro atoms. The lowest BCUT2D eigenvalue weighted by Crippen LogP contribution is -2.18. The Labute approximate surface area is 97.6 Å². The second kappa shape index (κ2) is 5.26. The van der Waals surface area contributed by atoms with Crippen LogP contribution in [0.15, 0.2) is 10.5 Å². The summed E-state index contributed by atoms with van der Waals surface area (Å²) < 4.78 is 6.86. The van der Waals surface area contributed by atoms with Crippen LogP contribution in [0.3, 0.4) is 0 Å². The Kier molecular flexibility index (Phi) is 4.57. The van der Waals surface area contributed by atoms with E-state index in [0.29, 0.717) is 6.54 Å². The highest BCUT2D eigenvalue weighted by Crippen LogP contribution is 2.32. The molecule has 0 aliphatic rings. The molecule has 0 saturated heterocycles. The van der Waals surface area contributed by atoms with Crippen LogP contribution in [-0.2, 0) is 4.74 Å². The predicted octanol–water partition coefficient (Wildman–Crippen LogP) is 3.24. The smallest absolute Gasteiger partial charge is 0.104 e. The number of halogens is 1. The summed E-state index contributed by atoms with van der Waals surface area (Å²) in [6, 6.07) is 2.10. The van der Waals surface area contributed by atoms with Crippen LogP contribution < -0.4 is 5.73 Å². The fourth-order valence-electron chi connectivity index (χ4n) is 1.21. The second-order valence-electron chi connectivity index (χ2n) is 3.46. The molecule has 1 unspecified atom stereocenters. The van der Waals surface area contributed by atoms with Crippen LogP contribution in [0.2, 0.25) is 0 Å². The Morgan fingerprint density at radius 2 is 2.21 bits per heavy atom. The molecule has 0 radical (unpaired) electrons. The van der Waals surface area contributed by atoms with E-state index in [1.54, 1.807) is 11.3 Å². The molecule has 0 aliphatic heterocycles. The van der Waals surface area contributed by atoms with Crippen LogP contribution in [0, 0.1) is 6.92 Å². The maximum atomic E-state index is 5.72. The third-order valence-electron chi connectivity index (χ3n) is 1.84. The largest absolute Gasteiger partial charge is 0.369 e. The van der Waals surface area contributed by atoms with E-state index in [1.165, 1.54) is 9.75 Å². The van der Waals surface area contributed by atoms with Crippen molar-refractivity contribution in [1.82, 2.24) is 0 Å². The van der Waals surface area contributed by atoms with Crippen molar-refractivity contribution >= 4 is 27.3 Å². The second-order valence-corrected chi connectivity index (χ2v) is 5.60. The zero-order valence-electron chi connectivity index (χ0n) is 8.71. The Balaban J connectivity index is 2.78. The lowest BCUT2D eigenvalue weighted by Gasteiger charge is -2.17. The van der Waals surface area contributed by atoms with E-state index in [1.807, 2.05) is 13.8 Å². The molecule has 2 nitrogen and oxygen atoms in total. The number of rotatable bonds is 4. The summed E-state index contributed by atoms with van der Waals surface area (Å²) in [7, 11) is 0. The standard InChI is InChI=1S/C10H16BrNOS/c1-6(2)13-9(5-12)10-4-8(11)7(3)14-10/h4,6,9H,5,12H2,1-3H3. The van der Waals surface area contributed by atoms with Gasteiger partial charge in [-0.15, -0.1) is 11.3 Å². The van der Waals surface area contributed by atoms with Crippen molar-refractivity contribution in [2.45, 2.75) is 33.0 Å². The first-order valence-electron chi connectivity index (χ1n) is 4.66. The van der Waals surface area contributed by atoms with Crippen molar-refractivity contribution < 1.29 is 4.74 Å². The van der Waals surface area contributed by atoms with Gasteiger partial charge >= 0.3 is 0 Å². The van der Waals surface area contributed by atoms with Crippen molar-refractivity contribution in [3.63, 3.8) is 0 Å². The van der Waals surface area contributed by atoms with Gasteiger partial charge in [0.2, 0.25) is 0 Å². The molecule has 0 aromatic carbocycles. The number of nitrogens with two attached hydrogens (primary N) is 1. The molecule has 2 N–H and O–H groups in total. The number of aryl methyl sites for hydroxylation is 1. The van der Waals surface area contributed by atoms with Crippen LogP contribution in [0.1, 0.15) is 29.7 Å². The summed E-state index contributed by atoms with van der Waals surface area (Å²) in [4.78, 5) is 2.47. The fraction of sp³-hybridized carbons (Fsp3) is 0.600. The number of hydrogen-bond acceptors (Lipinski definition) is 3. The lowest BCUT2D eigenvalue weighted by atomic mass is 10.3. The van der Waals surface area contributed by atoms with Gasteiger partial charge in [0.15, 0.2) is 0 Å². The number of ether oxygens (including phenoxy) is 1. The van der Waals surface area contributed by atoms with Crippen molar-refractivity contribution in [3.05, 3.63) is 20.3 Å². The Hall–Kier alpha value is 0.100. The molecular formula is C10H16BrNOS. The molecule has 1 aromatic rings. The maximum absolute atomic E-state index is 5.72. The Morgan fingerprint density at radius 1 is 1.57 bits per heavy atom. The van der Waals surface area contributed by atoms with Crippen LogP contribution in [-0.4, -0.2) is 12.6 Å². The van der Waals surface area contributed by atoms with Crippen molar-refractivity contribution in [2.75, 3.05) is 6.54 Å². The Bertz CT molecular complexity index is 279.